The number of benzene rings is 1. The highest BCUT2D eigenvalue weighted by atomic mass is 16.5. The molecule has 1 atom stereocenters. The second-order valence-corrected chi connectivity index (χ2v) is 5.63. The van der Waals surface area contributed by atoms with Gasteiger partial charge in [-0.1, -0.05) is 6.07 Å². The van der Waals surface area contributed by atoms with E-state index in [1.54, 1.807) is 18.2 Å². The minimum Gasteiger partial charge on any atom is -0.497 e. The Kier molecular flexibility index (Phi) is 3.78. The Balaban J connectivity index is 1.90. The van der Waals surface area contributed by atoms with Crippen molar-refractivity contribution in [2.75, 3.05) is 13.7 Å². The van der Waals surface area contributed by atoms with Gasteiger partial charge in [0.2, 0.25) is 0 Å². The van der Waals surface area contributed by atoms with Crippen molar-refractivity contribution in [1.82, 2.24) is 15.5 Å². The molecule has 0 aliphatic carbocycles. The summed E-state index contributed by atoms with van der Waals surface area (Å²) in [7, 11) is 6.87. The minimum absolute atomic E-state index is 0.223. The van der Waals surface area contributed by atoms with Crippen molar-refractivity contribution in [1.29, 1.82) is 0 Å². The zero-order valence-electron chi connectivity index (χ0n) is 12.9. The molecule has 1 fully saturated rings. The van der Waals surface area contributed by atoms with Gasteiger partial charge in [0.05, 0.1) is 21.5 Å². The standard InChI is InChI=1S/C15H14BN3O5/c1-24-9-3-2-8-6-19(12(21)10(8)4-9)7-15(11(20)5-16)13(22)17-14(23)18-15/h2-4H,5-7H2,1H3,(H2,17,18,22,23). The third kappa shape index (κ3) is 2.32. The molecule has 0 bridgehead atoms. The number of nitrogens with one attached hydrogen (secondary N) is 2. The van der Waals surface area contributed by atoms with Gasteiger partial charge in [0.1, 0.15) is 5.75 Å². The molecule has 4 amide bonds. The SMILES string of the molecule is [B]CC(=O)C1(CN2Cc3ccc(OC)cc3C2=O)NC(=O)NC1=O. The van der Waals surface area contributed by atoms with E-state index in [1.807, 2.05) is 5.32 Å². The van der Waals surface area contributed by atoms with Crippen molar-refractivity contribution in [2.45, 2.75) is 18.4 Å². The smallest absolute Gasteiger partial charge is 0.322 e. The van der Waals surface area contributed by atoms with Gasteiger partial charge in [0.15, 0.2) is 11.3 Å². The Morgan fingerprint density at radius 3 is 2.71 bits per heavy atom. The summed E-state index contributed by atoms with van der Waals surface area (Å²) >= 11 is 0. The summed E-state index contributed by atoms with van der Waals surface area (Å²) in [5.41, 5.74) is -0.663. The van der Waals surface area contributed by atoms with Crippen LogP contribution in [-0.4, -0.2) is 55.6 Å². The molecule has 1 aromatic rings. The van der Waals surface area contributed by atoms with Crippen LogP contribution in [0.15, 0.2) is 18.2 Å². The molecule has 8 nitrogen and oxygen atoms in total. The minimum atomic E-state index is -1.85. The van der Waals surface area contributed by atoms with Gasteiger partial charge < -0.3 is 15.0 Å². The molecule has 3 rings (SSSR count). The first kappa shape index (κ1) is 16.0. The lowest BCUT2D eigenvalue weighted by Crippen LogP contribution is -2.60. The van der Waals surface area contributed by atoms with Gasteiger partial charge in [-0.2, -0.15) is 0 Å². The van der Waals surface area contributed by atoms with E-state index in [9.17, 15) is 19.2 Å². The summed E-state index contributed by atoms with van der Waals surface area (Å²) in [4.78, 5) is 49.8. The third-order valence-corrected chi connectivity index (χ3v) is 4.23. The lowest BCUT2D eigenvalue weighted by molar-refractivity contribution is -0.134. The van der Waals surface area contributed by atoms with Gasteiger partial charge in [-0.15, -0.1) is 0 Å². The number of carbonyl (C=O) groups is 4. The lowest BCUT2D eigenvalue weighted by atomic mass is 9.85. The van der Waals surface area contributed by atoms with E-state index >= 15 is 0 Å². The van der Waals surface area contributed by atoms with Crippen LogP contribution in [0, 0.1) is 0 Å². The maximum absolute atomic E-state index is 12.6. The summed E-state index contributed by atoms with van der Waals surface area (Å²) in [6.07, 6.45) is -0.434. The first-order valence-electron chi connectivity index (χ1n) is 7.24. The number of Topliss-reactive ketones (excluding diaryl/α,β-unsaturated/α-hetero) is 1. The van der Waals surface area contributed by atoms with E-state index in [4.69, 9.17) is 12.6 Å². The molecule has 2 N–H and O–H groups in total. The highest BCUT2D eigenvalue weighted by Crippen LogP contribution is 2.29. The molecule has 1 saturated heterocycles. The van der Waals surface area contributed by atoms with Crippen LogP contribution in [0.2, 0.25) is 6.32 Å². The van der Waals surface area contributed by atoms with Gasteiger partial charge in [-0.25, -0.2) is 4.79 Å². The molecule has 9 heteroatoms. The van der Waals surface area contributed by atoms with Crippen molar-refractivity contribution < 1.29 is 23.9 Å². The number of carbonyl (C=O) groups excluding carboxylic acids is 4. The Morgan fingerprint density at radius 2 is 2.12 bits per heavy atom. The second-order valence-electron chi connectivity index (χ2n) is 5.63. The topological polar surface area (TPSA) is 105 Å². The zero-order chi connectivity index (χ0) is 17.5. The molecule has 1 aromatic carbocycles. The molecule has 0 saturated carbocycles. The van der Waals surface area contributed by atoms with Crippen LogP contribution in [-0.2, 0) is 16.1 Å². The fourth-order valence-corrected chi connectivity index (χ4v) is 2.94. The average Bonchev–Trinajstić information content (AvgIpc) is 3.03. The predicted molar refractivity (Wildman–Crippen MR) is 82.7 cm³/mol. The zero-order valence-corrected chi connectivity index (χ0v) is 12.9. The third-order valence-electron chi connectivity index (χ3n) is 4.23. The summed E-state index contributed by atoms with van der Waals surface area (Å²) in [6.45, 7) is -0.0582. The van der Waals surface area contributed by atoms with Gasteiger partial charge >= 0.3 is 6.03 Å². The summed E-state index contributed by atoms with van der Waals surface area (Å²) in [6, 6.07) is 4.28. The van der Waals surface area contributed by atoms with E-state index in [-0.39, 0.29) is 19.0 Å². The number of hydrogen-bond donors (Lipinski definition) is 2. The number of hydrogen-bond acceptors (Lipinski definition) is 5. The number of rotatable bonds is 5. The normalized spacial score (nSPS) is 22.2. The highest BCUT2D eigenvalue weighted by molar-refractivity contribution is 6.30. The number of imide groups is 1. The number of urea groups is 1. The summed E-state index contributed by atoms with van der Waals surface area (Å²) in [5, 5.41) is 4.34. The van der Waals surface area contributed by atoms with E-state index in [1.165, 1.54) is 12.0 Å². The molecule has 2 aliphatic heterocycles. The van der Waals surface area contributed by atoms with Crippen molar-refractivity contribution >= 4 is 31.5 Å². The number of ketones is 1. The van der Waals surface area contributed by atoms with Gasteiger partial charge in [0.25, 0.3) is 11.8 Å². The van der Waals surface area contributed by atoms with Gasteiger partial charge in [-0.3, -0.25) is 19.7 Å². The Bertz CT molecular complexity index is 765. The Labute approximate surface area is 138 Å². The van der Waals surface area contributed by atoms with Gasteiger partial charge in [0, 0.05) is 12.1 Å². The van der Waals surface area contributed by atoms with Gasteiger partial charge in [-0.05, 0) is 24.0 Å². The molecule has 122 valence electrons. The first-order valence-corrected chi connectivity index (χ1v) is 7.24. The van der Waals surface area contributed by atoms with Crippen LogP contribution in [0.3, 0.4) is 0 Å². The average molecular weight is 327 g/mol. The molecule has 0 aromatic heterocycles. The monoisotopic (exact) mass is 327 g/mol. The van der Waals surface area contributed by atoms with Crippen LogP contribution in [0.5, 0.6) is 5.75 Å². The maximum atomic E-state index is 12.6. The molecule has 1 unspecified atom stereocenters. The molecule has 2 heterocycles. The lowest BCUT2D eigenvalue weighted by Gasteiger charge is -2.29. The van der Waals surface area contributed by atoms with E-state index in [0.717, 1.165) is 5.56 Å². The van der Waals surface area contributed by atoms with E-state index < -0.39 is 29.6 Å². The molecular weight excluding hydrogens is 313 g/mol. The first-order chi connectivity index (χ1) is 11.4. The molecular formula is C15H14BN3O5. The second kappa shape index (κ2) is 5.66. The number of ether oxygens (including phenoxy) is 1. The molecule has 0 spiro atoms. The Morgan fingerprint density at radius 1 is 1.38 bits per heavy atom. The number of amides is 4. The van der Waals surface area contributed by atoms with Crippen molar-refractivity contribution in [3.8, 4) is 5.75 Å². The molecule has 2 aliphatic rings. The Hall–Kier alpha value is -2.84. The number of nitrogens with zero attached hydrogens (tertiary/aromatic N) is 1. The number of methoxy groups -OCH3 is 1. The van der Waals surface area contributed by atoms with E-state index in [2.05, 4.69) is 5.32 Å². The van der Waals surface area contributed by atoms with E-state index in [0.29, 0.717) is 11.3 Å². The quantitative estimate of drug-likeness (QED) is 0.426. The summed E-state index contributed by atoms with van der Waals surface area (Å²) in [5.74, 6) is -1.28. The summed E-state index contributed by atoms with van der Waals surface area (Å²) < 4.78 is 5.10. The maximum Gasteiger partial charge on any atom is 0.322 e. The van der Waals surface area contributed by atoms with Crippen LogP contribution in [0.25, 0.3) is 0 Å². The van der Waals surface area contributed by atoms with Crippen molar-refractivity contribution in [3.05, 3.63) is 29.3 Å². The molecule has 24 heavy (non-hydrogen) atoms. The fraction of sp³-hybridized carbons (Fsp3) is 0.333. The molecule has 2 radical (unpaired) electrons. The van der Waals surface area contributed by atoms with Crippen LogP contribution < -0.4 is 15.4 Å². The van der Waals surface area contributed by atoms with Crippen LogP contribution in [0.4, 0.5) is 4.79 Å². The van der Waals surface area contributed by atoms with Crippen molar-refractivity contribution in [3.63, 3.8) is 0 Å². The van der Waals surface area contributed by atoms with Crippen molar-refractivity contribution in [2.24, 2.45) is 0 Å². The predicted octanol–water partition coefficient (Wildman–Crippen LogP) is -0.615. The largest absolute Gasteiger partial charge is 0.497 e. The van der Waals surface area contributed by atoms with Crippen LogP contribution >= 0.6 is 0 Å². The number of fused-ring (bicyclic) bond motifs is 1. The fourth-order valence-electron chi connectivity index (χ4n) is 2.94. The highest BCUT2D eigenvalue weighted by Gasteiger charge is 2.53. The van der Waals surface area contributed by atoms with Crippen LogP contribution in [0.1, 0.15) is 15.9 Å².